The summed E-state index contributed by atoms with van der Waals surface area (Å²) >= 11 is 0. The maximum atomic E-state index is 12.9. The van der Waals surface area contributed by atoms with Gasteiger partial charge in [-0.2, -0.15) is 0 Å². The molecule has 5 heteroatoms. The summed E-state index contributed by atoms with van der Waals surface area (Å²) in [5, 5.41) is 0.539. The van der Waals surface area contributed by atoms with E-state index in [-0.39, 0.29) is 5.43 Å². The van der Waals surface area contributed by atoms with Crippen molar-refractivity contribution in [3.63, 3.8) is 0 Å². The van der Waals surface area contributed by atoms with E-state index in [1.807, 2.05) is 23.8 Å². The molecule has 0 radical (unpaired) electrons. The largest absolute Gasteiger partial charge is 0.493 e. The first-order valence-electron chi connectivity index (χ1n) is 7.15. The van der Waals surface area contributed by atoms with Crippen molar-refractivity contribution in [3.8, 4) is 17.2 Å². The molecule has 1 aromatic heterocycles. The maximum Gasteiger partial charge on any atom is 0.204 e. The summed E-state index contributed by atoms with van der Waals surface area (Å²) < 4.78 is 18.3. The highest BCUT2D eigenvalue weighted by Gasteiger charge is 2.23. The highest BCUT2D eigenvalue weighted by molar-refractivity contribution is 5.92. The fourth-order valence-corrected chi connectivity index (χ4v) is 3.10. The molecule has 1 heterocycles. The molecule has 0 amide bonds. The van der Waals surface area contributed by atoms with Crippen LogP contribution in [0.15, 0.2) is 16.9 Å². The van der Waals surface area contributed by atoms with Gasteiger partial charge in [0.2, 0.25) is 5.75 Å². The molecule has 5 nitrogen and oxygen atoms in total. The molecule has 3 rings (SSSR count). The first kappa shape index (κ1) is 14.5. The molecule has 0 atom stereocenters. The quantitative estimate of drug-likeness (QED) is 0.874. The molecule has 2 aromatic rings. The molecule has 0 spiro atoms. The zero-order valence-electron chi connectivity index (χ0n) is 13.2. The van der Waals surface area contributed by atoms with Gasteiger partial charge in [0.1, 0.15) is 0 Å². The van der Waals surface area contributed by atoms with E-state index >= 15 is 0 Å². The number of methoxy groups -OCH3 is 3. The van der Waals surface area contributed by atoms with Crippen LogP contribution >= 0.6 is 0 Å². The van der Waals surface area contributed by atoms with Gasteiger partial charge in [-0.3, -0.25) is 4.79 Å². The van der Waals surface area contributed by atoms with E-state index in [1.54, 1.807) is 7.11 Å². The Morgan fingerprint density at radius 1 is 1.09 bits per heavy atom. The van der Waals surface area contributed by atoms with Gasteiger partial charge < -0.3 is 18.8 Å². The van der Waals surface area contributed by atoms with Gasteiger partial charge in [0.15, 0.2) is 16.9 Å². The molecule has 22 heavy (non-hydrogen) atoms. The Balaban J connectivity index is 2.54. The minimum absolute atomic E-state index is 0.00486. The van der Waals surface area contributed by atoms with Crippen molar-refractivity contribution in [1.82, 2.24) is 4.57 Å². The normalized spacial score (nSPS) is 13.1. The molecule has 1 aromatic carbocycles. The van der Waals surface area contributed by atoms with Gasteiger partial charge in [-0.25, -0.2) is 0 Å². The third kappa shape index (κ3) is 1.89. The first-order valence-corrected chi connectivity index (χ1v) is 7.15. The molecule has 0 saturated carbocycles. The van der Waals surface area contributed by atoms with Crippen molar-refractivity contribution >= 4 is 17.0 Å². The van der Waals surface area contributed by atoms with Gasteiger partial charge in [0.25, 0.3) is 0 Å². The van der Waals surface area contributed by atoms with Gasteiger partial charge >= 0.3 is 0 Å². The average molecular weight is 301 g/mol. The second kappa shape index (κ2) is 5.40. The zero-order valence-corrected chi connectivity index (χ0v) is 13.2. The third-order valence-corrected chi connectivity index (χ3v) is 4.18. The minimum atomic E-state index is 0.00486. The number of benzene rings is 1. The van der Waals surface area contributed by atoms with Gasteiger partial charge in [-0.15, -0.1) is 0 Å². The van der Waals surface area contributed by atoms with Crippen LogP contribution in [0.3, 0.4) is 0 Å². The summed E-state index contributed by atoms with van der Waals surface area (Å²) in [4.78, 5) is 12.9. The molecule has 0 N–H and O–H groups in total. The Kier molecular flexibility index (Phi) is 3.56. The number of aromatic nitrogens is 1. The molecule has 116 valence electrons. The van der Waals surface area contributed by atoms with Crippen molar-refractivity contribution in [1.29, 1.82) is 0 Å². The smallest absolute Gasteiger partial charge is 0.204 e. The monoisotopic (exact) mass is 301 g/mol. The van der Waals surface area contributed by atoms with Crippen LogP contribution in [0.2, 0.25) is 0 Å². The average Bonchev–Trinajstić information content (AvgIpc) is 2.57. The summed E-state index contributed by atoms with van der Waals surface area (Å²) in [6.07, 6.45) is 5.71. The summed E-state index contributed by atoms with van der Waals surface area (Å²) in [6.45, 7) is 0. The van der Waals surface area contributed by atoms with Crippen LogP contribution in [-0.4, -0.2) is 25.9 Å². The second-order valence-electron chi connectivity index (χ2n) is 5.23. The zero-order chi connectivity index (χ0) is 15.9. The fourth-order valence-electron chi connectivity index (χ4n) is 3.10. The summed E-state index contributed by atoms with van der Waals surface area (Å²) in [5.74, 6) is 1.41. The molecular formula is C17H19NO4. The Labute approximate surface area is 128 Å². The van der Waals surface area contributed by atoms with Crippen LogP contribution in [0, 0.1) is 0 Å². The molecule has 0 bridgehead atoms. The molecule has 0 unspecified atom stereocenters. The van der Waals surface area contributed by atoms with Crippen LogP contribution < -0.4 is 19.6 Å². The molecular weight excluding hydrogens is 282 g/mol. The molecule has 0 saturated heterocycles. The van der Waals surface area contributed by atoms with E-state index in [1.165, 1.54) is 14.2 Å². The predicted molar refractivity (Wildman–Crippen MR) is 86.2 cm³/mol. The highest BCUT2D eigenvalue weighted by Crippen LogP contribution is 2.42. The lowest BCUT2D eigenvalue weighted by molar-refractivity contribution is 0.327. The van der Waals surface area contributed by atoms with Crippen molar-refractivity contribution < 1.29 is 14.2 Å². The number of fused-ring (bicyclic) bond motifs is 2. The van der Waals surface area contributed by atoms with Gasteiger partial charge in [-0.05, 0) is 18.9 Å². The number of ether oxygens (including phenoxy) is 3. The van der Waals surface area contributed by atoms with Crippen molar-refractivity contribution in [2.24, 2.45) is 7.05 Å². The van der Waals surface area contributed by atoms with Crippen molar-refractivity contribution in [2.45, 2.75) is 12.8 Å². The number of pyridine rings is 1. The van der Waals surface area contributed by atoms with Crippen LogP contribution in [-0.2, 0) is 13.5 Å². The Bertz CT molecular complexity index is 833. The number of hydrogen-bond acceptors (Lipinski definition) is 4. The van der Waals surface area contributed by atoms with Crippen LogP contribution in [0.5, 0.6) is 17.2 Å². The number of aryl methyl sites for hydroxylation is 1. The van der Waals surface area contributed by atoms with Gasteiger partial charge in [-0.1, -0.05) is 6.08 Å². The van der Waals surface area contributed by atoms with Crippen LogP contribution in [0.1, 0.15) is 17.7 Å². The number of rotatable bonds is 3. The SMILES string of the molecule is COc1cc2c(c(OC)c1OC)c(=O)c1c(n2C)C=CCC1. The lowest BCUT2D eigenvalue weighted by Gasteiger charge is -2.20. The second-order valence-corrected chi connectivity index (χ2v) is 5.23. The lowest BCUT2D eigenvalue weighted by atomic mass is 9.98. The highest BCUT2D eigenvalue weighted by atomic mass is 16.5. The summed E-state index contributed by atoms with van der Waals surface area (Å²) in [6, 6.07) is 1.82. The first-order chi connectivity index (χ1) is 10.6. The van der Waals surface area contributed by atoms with E-state index in [4.69, 9.17) is 14.2 Å². The Morgan fingerprint density at radius 2 is 1.82 bits per heavy atom. The standard InChI is InChI=1S/C17H19NO4/c1-18-11-8-6-5-7-10(11)15(19)14-12(18)9-13(20-2)16(21-3)17(14)22-4/h6,8-9H,5,7H2,1-4H3. The van der Waals surface area contributed by atoms with E-state index in [2.05, 4.69) is 6.08 Å². The molecule has 0 fully saturated rings. The maximum absolute atomic E-state index is 12.9. The van der Waals surface area contributed by atoms with Crippen molar-refractivity contribution in [3.05, 3.63) is 33.6 Å². The van der Waals surface area contributed by atoms with Gasteiger partial charge in [0.05, 0.1) is 32.2 Å². The lowest BCUT2D eigenvalue weighted by Crippen LogP contribution is -2.20. The van der Waals surface area contributed by atoms with E-state index < -0.39 is 0 Å². The fraction of sp³-hybridized carbons (Fsp3) is 0.353. The van der Waals surface area contributed by atoms with Crippen LogP contribution in [0.25, 0.3) is 17.0 Å². The summed E-state index contributed by atoms with van der Waals surface area (Å²) in [7, 11) is 6.59. The molecule has 0 aliphatic heterocycles. The number of hydrogen-bond donors (Lipinski definition) is 0. The Morgan fingerprint density at radius 3 is 2.45 bits per heavy atom. The molecule has 1 aliphatic rings. The van der Waals surface area contributed by atoms with E-state index in [9.17, 15) is 4.79 Å². The number of allylic oxidation sites excluding steroid dienone is 1. The number of nitrogens with zero attached hydrogens (tertiary/aromatic N) is 1. The molecule has 1 aliphatic carbocycles. The topological polar surface area (TPSA) is 49.7 Å². The predicted octanol–water partition coefficient (Wildman–Crippen LogP) is 2.52. The van der Waals surface area contributed by atoms with Crippen LogP contribution in [0.4, 0.5) is 0 Å². The van der Waals surface area contributed by atoms with Gasteiger partial charge in [0, 0.05) is 24.4 Å². The third-order valence-electron chi connectivity index (χ3n) is 4.18. The minimum Gasteiger partial charge on any atom is -0.493 e. The van der Waals surface area contributed by atoms with Crippen molar-refractivity contribution in [2.75, 3.05) is 21.3 Å². The van der Waals surface area contributed by atoms with E-state index in [0.29, 0.717) is 22.6 Å². The van der Waals surface area contributed by atoms with E-state index in [0.717, 1.165) is 29.6 Å². The Hall–Kier alpha value is -2.43. The summed E-state index contributed by atoms with van der Waals surface area (Å²) in [5.41, 5.74) is 2.54.